The molecule has 0 aliphatic carbocycles. The second kappa shape index (κ2) is 10.6. The molecule has 1 aliphatic heterocycles. The summed E-state index contributed by atoms with van der Waals surface area (Å²) in [4.78, 5) is 19.6. The Morgan fingerprint density at radius 2 is 1.54 bits per heavy atom. The maximum Gasteiger partial charge on any atom is 0.322 e. The van der Waals surface area contributed by atoms with Crippen LogP contribution >= 0.6 is 11.6 Å². The van der Waals surface area contributed by atoms with Crippen molar-refractivity contribution in [2.45, 2.75) is 45.2 Å². The van der Waals surface area contributed by atoms with Crippen LogP contribution in [0.4, 0.5) is 4.79 Å². The van der Waals surface area contributed by atoms with Crippen LogP contribution in [0, 0.1) is 24.7 Å². The average molecular weight is 509 g/mol. The summed E-state index contributed by atoms with van der Waals surface area (Å²) < 4.78 is 6.05. The molecule has 186 valence electrons. The molecule has 0 saturated carbocycles. The van der Waals surface area contributed by atoms with E-state index in [1.807, 2.05) is 73.7 Å². The number of halogens is 1. The molecule has 3 aromatic carbocycles. The molecule has 0 N–H and O–H groups in total. The van der Waals surface area contributed by atoms with E-state index in [4.69, 9.17) is 34.2 Å². The summed E-state index contributed by atoms with van der Waals surface area (Å²) in [7, 11) is 0. The molecule has 0 bridgehead atoms. The Kier molecular flexibility index (Phi) is 7.44. The Hall–Kier alpha value is -3.99. The number of nitrogens with zero attached hydrogens (tertiary/aromatic N) is 2. The Labute approximate surface area is 224 Å². The zero-order valence-electron chi connectivity index (χ0n) is 21.5. The number of aliphatic imine (C=N–C) groups is 1. The molecule has 0 fully saturated rings. The lowest BCUT2D eigenvalue weighted by atomic mass is 9.86. The first kappa shape index (κ1) is 26.1. The van der Waals surface area contributed by atoms with E-state index >= 15 is 0 Å². The predicted octanol–water partition coefficient (Wildman–Crippen LogP) is 7.25. The Morgan fingerprint density at radius 3 is 2.03 bits per heavy atom. The lowest BCUT2D eigenvalue weighted by Gasteiger charge is -2.28. The zero-order valence-corrected chi connectivity index (χ0v) is 22.2. The lowest BCUT2D eigenvalue weighted by molar-refractivity contribution is 0.231. The SMILES string of the molecule is C#Cc1ccc([C@@H]2[C@H](c3ccc(C#C)cc3)N=C(c3ccc(C(C)(C)C)cc3OCC)N2C(=O)Cl)cc1. The second-order valence-electron chi connectivity index (χ2n) is 9.89. The summed E-state index contributed by atoms with van der Waals surface area (Å²) in [5.41, 5.74) is 5.03. The number of hydrogen-bond donors (Lipinski definition) is 0. The average Bonchev–Trinajstić information content (AvgIpc) is 3.29. The lowest BCUT2D eigenvalue weighted by Crippen LogP contribution is -2.34. The smallest absolute Gasteiger partial charge is 0.322 e. The van der Waals surface area contributed by atoms with E-state index < -0.39 is 17.5 Å². The third-order valence-corrected chi connectivity index (χ3v) is 6.66. The van der Waals surface area contributed by atoms with Crippen molar-refractivity contribution >= 4 is 22.8 Å². The van der Waals surface area contributed by atoms with Gasteiger partial charge in [0, 0.05) is 11.1 Å². The van der Waals surface area contributed by atoms with Crippen LogP contribution in [0.15, 0.2) is 71.7 Å². The van der Waals surface area contributed by atoms with E-state index in [-0.39, 0.29) is 5.41 Å². The molecule has 4 rings (SSSR count). The number of rotatable bonds is 5. The topological polar surface area (TPSA) is 41.9 Å². The fourth-order valence-corrected chi connectivity index (χ4v) is 4.70. The van der Waals surface area contributed by atoms with Gasteiger partial charge in [-0.3, -0.25) is 14.7 Å². The first-order valence-corrected chi connectivity index (χ1v) is 12.5. The number of benzene rings is 3. The van der Waals surface area contributed by atoms with Gasteiger partial charge < -0.3 is 4.74 Å². The molecular weight excluding hydrogens is 480 g/mol. The third kappa shape index (κ3) is 5.26. The van der Waals surface area contributed by atoms with Crippen molar-refractivity contribution in [1.82, 2.24) is 4.90 Å². The number of terminal acetylenes is 2. The van der Waals surface area contributed by atoms with E-state index in [1.165, 1.54) is 0 Å². The van der Waals surface area contributed by atoms with Crippen LogP contribution in [0.3, 0.4) is 0 Å². The molecular formula is C32H29ClN2O2. The summed E-state index contributed by atoms with van der Waals surface area (Å²) in [6, 6.07) is 20.3. The highest BCUT2D eigenvalue weighted by Gasteiger charge is 2.42. The fourth-order valence-electron chi connectivity index (χ4n) is 4.52. The molecule has 4 nitrogen and oxygen atoms in total. The third-order valence-electron chi connectivity index (χ3n) is 6.48. The largest absolute Gasteiger partial charge is 0.493 e. The Bertz CT molecular complexity index is 1420. The second-order valence-corrected chi connectivity index (χ2v) is 10.2. The quantitative estimate of drug-likeness (QED) is 0.207. The molecule has 0 unspecified atom stereocenters. The van der Waals surface area contributed by atoms with Crippen LogP contribution in [0.1, 0.15) is 73.2 Å². The van der Waals surface area contributed by atoms with Crippen LogP contribution in [0.5, 0.6) is 5.75 Å². The summed E-state index contributed by atoms with van der Waals surface area (Å²) >= 11 is 6.27. The van der Waals surface area contributed by atoms with Crippen LogP contribution in [0.25, 0.3) is 0 Å². The van der Waals surface area contributed by atoms with Crippen molar-refractivity contribution in [2.24, 2.45) is 4.99 Å². The summed E-state index contributed by atoms with van der Waals surface area (Å²) in [5.74, 6) is 6.39. The highest BCUT2D eigenvalue weighted by Crippen LogP contribution is 2.45. The normalized spacial score (nSPS) is 17.1. The first-order chi connectivity index (χ1) is 17.7. The van der Waals surface area contributed by atoms with Crippen LogP contribution < -0.4 is 4.74 Å². The number of carbonyl (C=O) groups is 1. The molecule has 3 aromatic rings. The van der Waals surface area contributed by atoms with Gasteiger partial charge >= 0.3 is 5.37 Å². The van der Waals surface area contributed by atoms with Crippen molar-refractivity contribution in [3.63, 3.8) is 0 Å². The molecule has 37 heavy (non-hydrogen) atoms. The molecule has 0 spiro atoms. The van der Waals surface area contributed by atoms with Gasteiger partial charge in [-0.25, -0.2) is 0 Å². The van der Waals surface area contributed by atoms with Crippen molar-refractivity contribution in [3.05, 3.63) is 100 Å². The molecule has 2 atom stereocenters. The maximum absolute atomic E-state index is 13.0. The van der Waals surface area contributed by atoms with E-state index in [1.54, 1.807) is 4.90 Å². The molecule has 5 heteroatoms. The van der Waals surface area contributed by atoms with E-state index in [0.29, 0.717) is 23.8 Å². The van der Waals surface area contributed by atoms with Gasteiger partial charge in [-0.1, -0.05) is 62.9 Å². The maximum atomic E-state index is 13.0. The first-order valence-electron chi connectivity index (χ1n) is 12.1. The van der Waals surface area contributed by atoms with Crippen molar-refractivity contribution in [2.75, 3.05) is 6.61 Å². The Morgan fingerprint density at radius 1 is 0.973 bits per heavy atom. The van der Waals surface area contributed by atoms with Gasteiger partial charge in [0.15, 0.2) is 0 Å². The van der Waals surface area contributed by atoms with Gasteiger partial charge in [0.2, 0.25) is 0 Å². The number of amidine groups is 1. The van der Waals surface area contributed by atoms with E-state index in [2.05, 4.69) is 32.6 Å². The number of hydrogen-bond acceptors (Lipinski definition) is 3. The highest BCUT2D eigenvalue weighted by atomic mass is 35.5. The summed E-state index contributed by atoms with van der Waals surface area (Å²) in [6.07, 6.45) is 11.1. The molecule has 0 radical (unpaired) electrons. The summed E-state index contributed by atoms with van der Waals surface area (Å²) in [6.45, 7) is 8.83. The van der Waals surface area contributed by atoms with Crippen LogP contribution in [-0.2, 0) is 5.41 Å². The van der Waals surface area contributed by atoms with Gasteiger partial charge in [0.05, 0.1) is 18.2 Å². The Balaban J connectivity index is 1.92. The molecule has 1 aliphatic rings. The van der Waals surface area contributed by atoms with Gasteiger partial charge in [-0.15, -0.1) is 12.8 Å². The van der Waals surface area contributed by atoms with E-state index in [9.17, 15) is 4.79 Å². The zero-order chi connectivity index (χ0) is 26.7. The highest BCUT2D eigenvalue weighted by molar-refractivity contribution is 6.64. The fraction of sp³-hybridized carbons (Fsp3) is 0.250. The van der Waals surface area contributed by atoms with Crippen molar-refractivity contribution in [1.29, 1.82) is 0 Å². The van der Waals surface area contributed by atoms with Gasteiger partial charge in [0.1, 0.15) is 17.6 Å². The van der Waals surface area contributed by atoms with Crippen LogP contribution in [-0.4, -0.2) is 22.7 Å². The molecule has 0 aromatic heterocycles. The standard InChI is InChI=1S/C32H29ClN2O2/c1-7-21-10-14-23(15-11-21)28-29(24-16-12-22(8-2)13-17-24)35(31(33)36)30(34-28)26-19-18-25(32(4,5)6)20-27(26)37-9-3/h1-2,10-20,28-29H,9H2,3-6H3/t28-,29+/m0/s1. The van der Waals surface area contributed by atoms with Crippen molar-refractivity contribution in [3.8, 4) is 30.4 Å². The van der Waals surface area contributed by atoms with Crippen molar-refractivity contribution < 1.29 is 9.53 Å². The molecule has 0 saturated heterocycles. The minimum atomic E-state index is -0.630. The monoisotopic (exact) mass is 508 g/mol. The van der Waals surface area contributed by atoms with Crippen LogP contribution in [0.2, 0.25) is 0 Å². The number of ether oxygens (including phenoxy) is 1. The molecule has 1 amide bonds. The number of carbonyl (C=O) groups excluding carboxylic acids is 1. The van der Waals surface area contributed by atoms with E-state index in [0.717, 1.165) is 27.8 Å². The molecule has 1 heterocycles. The van der Waals surface area contributed by atoms with Gasteiger partial charge in [-0.05, 0) is 77.0 Å². The summed E-state index contributed by atoms with van der Waals surface area (Å²) in [5, 5.41) is -0.630. The minimum Gasteiger partial charge on any atom is -0.493 e. The van der Waals surface area contributed by atoms with Gasteiger partial charge in [0.25, 0.3) is 0 Å². The number of amides is 1. The minimum absolute atomic E-state index is 0.0769. The predicted molar refractivity (Wildman–Crippen MR) is 150 cm³/mol. The van der Waals surface area contributed by atoms with Gasteiger partial charge in [-0.2, -0.15) is 0 Å².